The minimum absolute atomic E-state index is 0.165. The molecule has 1 aromatic carbocycles. The van der Waals surface area contributed by atoms with Crippen molar-refractivity contribution >= 4 is 17.7 Å². The van der Waals surface area contributed by atoms with E-state index in [4.69, 9.17) is 10.4 Å². The summed E-state index contributed by atoms with van der Waals surface area (Å²) in [5.74, 6) is -1.77. The van der Waals surface area contributed by atoms with E-state index in [9.17, 15) is 14.3 Å². The zero-order valence-corrected chi connectivity index (χ0v) is 11.3. The van der Waals surface area contributed by atoms with Crippen LogP contribution in [0.3, 0.4) is 0 Å². The maximum absolute atomic E-state index is 13.4. The van der Waals surface area contributed by atoms with Gasteiger partial charge in [-0.3, -0.25) is 9.36 Å². The highest BCUT2D eigenvalue weighted by molar-refractivity contribution is 7.99. The summed E-state index contributed by atoms with van der Waals surface area (Å²) in [6.45, 7) is -0.431. The number of hydrogen-bond acceptors (Lipinski definition) is 6. The summed E-state index contributed by atoms with van der Waals surface area (Å²) in [4.78, 5) is 10.6. The number of halogens is 1. The summed E-state index contributed by atoms with van der Waals surface area (Å²) in [5, 5.41) is 34.6. The lowest BCUT2D eigenvalue weighted by atomic mass is 10.2. The first-order valence-electron chi connectivity index (χ1n) is 5.66. The first-order valence-corrected chi connectivity index (χ1v) is 6.65. The van der Waals surface area contributed by atoms with Crippen molar-refractivity contribution in [3.63, 3.8) is 0 Å². The normalized spacial score (nSPS) is 10.3. The lowest BCUT2D eigenvalue weighted by molar-refractivity contribution is -0.133. The number of aliphatic hydroxyl groups excluding tert-OH is 1. The molecule has 2 aromatic rings. The predicted molar refractivity (Wildman–Crippen MR) is 70.3 cm³/mol. The third-order valence-electron chi connectivity index (χ3n) is 2.50. The number of hydrogen-bond donors (Lipinski definition) is 2. The second-order valence-electron chi connectivity index (χ2n) is 3.85. The Hall–Kier alpha value is -2.44. The van der Waals surface area contributed by atoms with Crippen LogP contribution in [0.5, 0.6) is 0 Å². The molecule has 0 amide bonds. The second kappa shape index (κ2) is 6.34. The summed E-state index contributed by atoms with van der Waals surface area (Å²) >= 11 is 0.906. The van der Waals surface area contributed by atoms with E-state index in [-0.39, 0.29) is 22.3 Å². The Balaban J connectivity index is 2.48. The first kappa shape index (κ1) is 15.0. The van der Waals surface area contributed by atoms with Crippen LogP contribution < -0.4 is 0 Å². The van der Waals surface area contributed by atoms with Crippen molar-refractivity contribution in [1.29, 1.82) is 5.26 Å². The van der Waals surface area contributed by atoms with E-state index >= 15 is 0 Å². The highest BCUT2D eigenvalue weighted by Gasteiger charge is 2.16. The molecule has 0 fully saturated rings. The molecular weight excluding hydrogens is 299 g/mol. The second-order valence-corrected chi connectivity index (χ2v) is 4.79. The van der Waals surface area contributed by atoms with E-state index in [0.717, 1.165) is 17.8 Å². The third kappa shape index (κ3) is 3.18. The number of nitriles is 1. The molecule has 0 aliphatic heterocycles. The van der Waals surface area contributed by atoms with Crippen LogP contribution in [-0.2, 0) is 11.4 Å². The molecule has 0 bridgehead atoms. The van der Waals surface area contributed by atoms with Gasteiger partial charge in [0, 0.05) is 0 Å². The van der Waals surface area contributed by atoms with Crippen molar-refractivity contribution < 1.29 is 19.4 Å². The van der Waals surface area contributed by atoms with Gasteiger partial charge < -0.3 is 10.2 Å². The van der Waals surface area contributed by atoms with Gasteiger partial charge in [0.25, 0.3) is 0 Å². The zero-order chi connectivity index (χ0) is 15.4. The van der Waals surface area contributed by atoms with Crippen molar-refractivity contribution in [2.45, 2.75) is 11.8 Å². The third-order valence-corrected chi connectivity index (χ3v) is 3.41. The van der Waals surface area contributed by atoms with Crippen molar-refractivity contribution in [3.05, 3.63) is 35.4 Å². The Bertz CT molecular complexity index is 726. The van der Waals surface area contributed by atoms with Gasteiger partial charge in [0.2, 0.25) is 0 Å². The lowest BCUT2D eigenvalue weighted by Crippen LogP contribution is -2.05. The Kier molecular flexibility index (Phi) is 4.52. The Morgan fingerprint density at radius 2 is 2.24 bits per heavy atom. The van der Waals surface area contributed by atoms with Crippen molar-refractivity contribution in [3.8, 4) is 11.8 Å². The Morgan fingerprint density at radius 3 is 2.86 bits per heavy atom. The number of aromatic nitrogens is 3. The summed E-state index contributed by atoms with van der Waals surface area (Å²) in [5.41, 5.74) is 0.203. The molecular formula is C12H9FN4O3S. The molecule has 2 rings (SSSR count). The van der Waals surface area contributed by atoms with Gasteiger partial charge in [-0.2, -0.15) is 5.26 Å². The molecule has 0 aliphatic rings. The lowest BCUT2D eigenvalue weighted by Gasteiger charge is -2.09. The number of carbonyl (C=O) groups is 1. The van der Waals surface area contributed by atoms with Crippen LogP contribution in [0, 0.1) is 17.1 Å². The van der Waals surface area contributed by atoms with Crippen molar-refractivity contribution in [2.24, 2.45) is 0 Å². The van der Waals surface area contributed by atoms with E-state index < -0.39 is 18.4 Å². The maximum Gasteiger partial charge on any atom is 0.313 e. The molecule has 0 spiro atoms. The van der Waals surface area contributed by atoms with Crippen LogP contribution in [0.2, 0.25) is 0 Å². The fraction of sp³-hybridized carbons (Fsp3) is 0.167. The van der Waals surface area contributed by atoms with Crippen LogP contribution in [-0.4, -0.2) is 36.7 Å². The topological polar surface area (TPSA) is 112 Å². The molecule has 0 unspecified atom stereocenters. The van der Waals surface area contributed by atoms with E-state index in [1.807, 2.05) is 0 Å². The quantitative estimate of drug-likeness (QED) is 0.791. The highest BCUT2D eigenvalue weighted by atomic mass is 32.2. The molecule has 1 aromatic heterocycles. The molecule has 0 saturated heterocycles. The van der Waals surface area contributed by atoms with Crippen LogP contribution in [0.15, 0.2) is 23.4 Å². The highest BCUT2D eigenvalue weighted by Crippen LogP contribution is 2.23. The standard InChI is InChI=1S/C12H9FN4O3S/c13-9-2-1-8(3-7(9)4-14)17-10(5-18)15-16-12(17)21-6-11(19)20/h1-3,18H,5-6H2,(H,19,20). The number of nitrogens with zero attached hydrogens (tertiary/aromatic N) is 4. The molecule has 0 aliphatic carbocycles. The predicted octanol–water partition coefficient (Wildman–Crippen LogP) is 0.947. The van der Waals surface area contributed by atoms with Gasteiger partial charge in [0.1, 0.15) is 18.5 Å². The van der Waals surface area contributed by atoms with Gasteiger partial charge >= 0.3 is 5.97 Å². The van der Waals surface area contributed by atoms with Gasteiger partial charge in [0.15, 0.2) is 11.0 Å². The maximum atomic E-state index is 13.4. The SMILES string of the molecule is N#Cc1cc(-n2c(CO)nnc2SCC(=O)O)ccc1F. The number of carboxylic acids is 1. The molecule has 0 radical (unpaired) electrons. The molecule has 0 saturated carbocycles. The molecule has 2 N–H and O–H groups in total. The number of carboxylic acid groups (broad SMARTS) is 1. The van der Waals surface area contributed by atoms with Gasteiger partial charge in [-0.1, -0.05) is 11.8 Å². The molecule has 1 heterocycles. The Labute approximate surface area is 122 Å². The van der Waals surface area contributed by atoms with E-state index in [2.05, 4.69) is 10.2 Å². The smallest absolute Gasteiger partial charge is 0.313 e. The summed E-state index contributed by atoms with van der Waals surface area (Å²) in [7, 11) is 0. The van der Waals surface area contributed by atoms with Gasteiger partial charge in [-0.05, 0) is 18.2 Å². The number of aliphatic carboxylic acids is 1. The molecule has 7 nitrogen and oxygen atoms in total. The summed E-state index contributed by atoms with van der Waals surface area (Å²) in [6.07, 6.45) is 0. The first-order chi connectivity index (χ1) is 10.1. The minimum atomic E-state index is -1.03. The zero-order valence-electron chi connectivity index (χ0n) is 10.5. The van der Waals surface area contributed by atoms with Crippen LogP contribution in [0.4, 0.5) is 4.39 Å². The number of benzene rings is 1. The Morgan fingerprint density at radius 1 is 1.48 bits per heavy atom. The molecule has 9 heteroatoms. The van der Waals surface area contributed by atoms with Crippen molar-refractivity contribution in [1.82, 2.24) is 14.8 Å². The van der Waals surface area contributed by atoms with Gasteiger partial charge in [0.05, 0.1) is 17.0 Å². The van der Waals surface area contributed by atoms with E-state index in [0.29, 0.717) is 5.69 Å². The largest absolute Gasteiger partial charge is 0.481 e. The number of rotatable bonds is 5. The molecule has 21 heavy (non-hydrogen) atoms. The van der Waals surface area contributed by atoms with Crippen molar-refractivity contribution in [2.75, 3.05) is 5.75 Å². The number of aliphatic hydroxyl groups is 1. The van der Waals surface area contributed by atoms with Gasteiger partial charge in [-0.15, -0.1) is 10.2 Å². The molecule has 0 atom stereocenters. The average Bonchev–Trinajstić information content (AvgIpc) is 2.88. The minimum Gasteiger partial charge on any atom is -0.481 e. The summed E-state index contributed by atoms with van der Waals surface area (Å²) in [6, 6.07) is 5.50. The van der Waals surface area contributed by atoms with E-state index in [1.165, 1.54) is 16.7 Å². The van der Waals surface area contributed by atoms with Crippen LogP contribution >= 0.6 is 11.8 Å². The van der Waals surface area contributed by atoms with Crippen LogP contribution in [0.25, 0.3) is 5.69 Å². The van der Waals surface area contributed by atoms with E-state index in [1.54, 1.807) is 6.07 Å². The summed E-state index contributed by atoms with van der Waals surface area (Å²) < 4.78 is 14.7. The van der Waals surface area contributed by atoms with Crippen LogP contribution in [0.1, 0.15) is 11.4 Å². The monoisotopic (exact) mass is 308 g/mol. The average molecular weight is 308 g/mol. The fourth-order valence-electron chi connectivity index (χ4n) is 1.62. The fourth-order valence-corrected chi connectivity index (χ4v) is 2.31. The molecule has 108 valence electrons. The number of thioether (sulfide) groups is 1. The van der Waals surface area contributed by atoms with Gasteiger partial charge in [-0.25, -0.2) is 4.39 Å².